The number of aliphatic hydroxyl groups excluding tert-OH is 1. The van der Waals surface area contributed by atoms with Crippen LogP contribution in [0.2, 0.25) is 0 Å². The zero-order valence-corrected chi connectivity index (χ0v) is 14.9. The van der Waals surface area contributed by atoms with E-state index in [4.69, 9.17) is 4.98 Å². The van der Waals surface area contributed by atoms with Gasteiger partial charge in [0.05, 0.1) is 6.61 Å². The molecule has 120 valence electrons. The molecule has 0 spiro atoms. The number of aromatic nitrogens is 2. The number of hydrogen-bond acceptors (Lipinski definition) is 6. The maximum atomic E-state index is 9.42. The van der Waals surface area contributed by atoms with Crippen LogP contribution in [0.25, 0.3) is 0 Å². The molecule has 0 aromatic carbocycles. The lowest BCUT2D eigenvalue weighted by Crippen LogP contribution is -2.32. The van der Waals surface area contributed by atoms with Gasteiger partial charge in [-0.15, -0.1) is 0 Å². The van der Waals surface area contributed by atoms with Crippen molar-refractivity contribution in [1.82, 2.24) is 9.97 Å². The molecule has 0 saturated carbocycles. The number of rotatable bonds is 6. The Hall–Kier alpha value is -1.01. The number of aliphatic hydroxyl groups is 1. The van der Waals surface area contributed by atoms with Crippen LogP contribution in [0.4, 0.5) is 11.6 Å². The fourth-order valence-electron chi connectivity index (χ4n) is 1.98. The zero-order valence-electron chi connectivity index (χ0n) is 14.1. The molecule has 0 aliphatic carbocycles. The average Bonchev–Trinajstić information content (AvgIpc) is 2.41. The first-order valence-electron chi connectivity index (χ1n) is 7.21. The van der Waals surface area contributed by atoms with E-state index in [1.807, 2.05) is 20.2 Å². The SMILES string of the molecule is CNc1nc(C(C)(C)C)nc(NC(C)C(CO)SC)c1C. The average molecular weight is 312 g/mol. The maximum absolute atomic E-state index is 9.42. The minimum Gasteiger partial charge on any atom is -0.395 e. The highest BCUT2D eigenvalue weighted by atomic mass is 32.2. The molecule has 5 nitrogen and oxygen atoms in total. The lowest BCUT2D eigenvalue weighted by Gasteiger charge is -2.25. The van der Waals surface area contributed by atoms with Crippen molar-refractivity contribution in [2.24, 2.45) is 0 Å². The Morgan fingerprint density at radius 1 is 1.24 bits per heavy atom. The molecule has 6 heteroatoms. The van der Waals surface area contributed by atoms with Gasteiger partial charge in [0.25, 0.3) is 0 Å². The van der Waals surface area contributed by atoms with Gasteiger partial charge in [-0.05, 0) is 20.1 Å². The molecule has 1 rings (SSSR count). The summed E-state index contributed by atoms with van der Waals surface area (Å²) in [6, 6.07) is 0.121. The van der Waals surface area contributed by atoms with Crippen LogP contribution in [0.1, 0.15) is 39.1 Å². The van der Waals surface area contributed by atoms with Crippen molar-refractivity contribution in [3.63, 3.8) is 0 Å². The van der Waals surface area contributed by atoms with Crippen LogP contribution in [0.5, 0.6) is 0 Å². The summed E-state index contributed by atoms with van der Waals surface area (Å²) in [6.07, 6.45) is 2.01. The Morgan fingerprint density at radius 3 is 2.24 bits per heavy atom. The molecule has 2 atom stereocenters. The summed E-state index contributed by atoms with van der Waals surface area (Å²) >= 11 is 1.65. The summed E-state index contributed by atoms with van der Waals surface area (Å²) < 4.78 is 0. The number of nitrogens with one attached hydrogen (secondary N) is 2. The van der Waals surface area contributed by atoms with E-state index in [0.717, 1.165) is 23.0 Å². The van der Waals surface area contributed by atoms with Crippen LogP contribution in [-0.4, -0.2) is 46.3 Å². The molecule has 21 heavy (non-hydrogen) atoms. The Balaban J connectivity index is 3.16. The number of nitrogens with zero attached hydrogens (tertiary/aromatic N) is 2. The van der Waals surface area contributed by atoms with Crippen LogP contribution in [0.15, 0.2) is 0 Å². The lowest BCUT2D eigenvalue weighted by atomic mass is 9.95. The quantitative estimate of drug-likeness (QED) is 0.750. The van der Waals surface area contributed by atoms with E-state index in [1.165, 1.54) is 0 Å². The lowest BCUT2D eigenvalue weighted by molar-refractivity contribution is 0.288. The second kappa shape index (κ2) is 7.31. The largest absolute Gasteiger partial charge is 0.395 e. The Kier molecular flexibility index (Phi) is 6.28. The van der Waals surface area contributed by atoms with Gasteiger partial charge in [-0.2, -0.15) is 11.8 Å². The Bertz CT molecular complexity index is 469. The molecule has 1 heterocycles. The minimum atomic E-state index is -0.116. The first kappa shape index (κ1) is 18.0. The number of anilines is 2. The van der Waals surface area contributed by atoms with Crippen molar-refractivity contribution in [3.05, 3.63) is 11.4 Å². The van der Waals surface area contributed by atoms with Gasteiger partial charge in [-0.1, -0.05) is 20.8 Å². The monoisotopic (exact) mass is 312 g/mol. The van der Waals surface area contributed by atoms with Crippen molar-refractivity contribution >= 4 is 23.4 Å². The van der Waals surface area contributed by atoms with Gasteiger partial charge < -0.3 is 15.7 Å². The molecule has 0 aliphatic rings. The van der Waals surface area contributed by atoms with E-state index in [9.17, 15) is 5.11 Å². The van der Waals surface area contributed by atoms with Gasteiger partial charge in [-0.3, -0.25) is 0 Å². The molecule has 3 N–H and O–H groups in total. The third kappa shape index (κ3) is 4.48. The second-order valence-corrected chi connectivity index (χ2v) is 7.34. The summed E-state index contributed by atoms with van der Waals surface area (Å²) in [5.74, 6) is 2.48. The summed E-state index contributed by atoms with van der Waals surface area (Å²) in [4.78, 5) is 9.29. The third-order valence-corrected chi connectivity index (χ3v) is 4.62. The fraction of sp³-hybridized carbons (Fsp3) is 0.733. The van der Waals surface area contributed by atoms with Gasteiger partial charge in [0.2, 0.25) is 0 Å². The van der Waals surface area contributed by atoms with Crippen molar-refractivity contribution in [3.8, 4) is 0 Å². The molecular weight excluding hydrogens is 284 g/mol. The van der Waals surface area contributed by atoms with Crippen molar-refractivity contribution in [1.29, 1.82) is 0 Å². The molecule has 0 aliphatic heterocycles. The molecule has 0 bridgehead atoms. The fourth-order valence-corrected chi connectivity index (χ4v) is 2.61. The van der Waals surface area contributed by atoms with Gasteiger partial charge in [0.15, 0.2) is 0 Å². The van der Waals surface area contributed by atoms with Crippen LogP contribution >= 0.6 is 11.8 Å². The van der Waals surface area contributed by atoms with E-state index >= 15 is 0 Å². The predicted octanol–water partition coefficient (Wildman–Crippen LogP) is 2.65. The standard InChI is InChI=1S/C15H28N4OS/c1-9-12(16-6)18-14(15(3,4)5)19-13(9)17-10(2)11(8-20)21-7/h10-11,20H,8H2,1-7H3,(H2,16,17,18,19). The van der Waals surface area contributed by atoms with E-state index in [0.29, 0.717) is 0 Å². The smallest absolute Gasteiger partial charge is 0.138 e. The highest BCUT2D eigenvalue weighted by molar-refractivity contribution is 7.99. The Morgan fingerprint density at radius 2 is 1.81 bits per heavy atom. The highest BCUT2D eigenvalue weighted by Crippen LogP contribution is 2.27. The minimum absolute atomic E-state index is 0.116. The number of thioether (sulfide) groups is 1. The van der Waals surface area contributed by atoms with Crippen molar-refractivity contribution < 1.29 is 5.11 Å². The molecule has 1 aromatic heterocycles. The van der Waals surface area contributed by atoms with Gasteiger partial charge >= 0.3 is 0 Å². The summed E-state index contributed by atoms with van der Waals surface area (Å²) in [5.41, 5.74) is 0.879. The second-order valence-electron chi connectivity index (χ2n) is 6.26. The van der Waals surface area contributed by atoms with Gasteiger partial charge in [0, 0.05) is 29.3 Å². The van der Waals surface area contributed by atoms with E-state index in [2.05, 4.69) is 43.3 Å². The molecule has 0 amide bonds. The highest BCUT2D eigenvalue weighted by Gasteiger charge is 2.23. The van der Waals surface area contributed by atoms with Crippen LogP contribution in [-0.2, 0) is 5.41 Å². The molecule has 0 radical (unpaired) electrons. The molecule has 0 fully saturated rings. The first-order valence-corrected chi connectivity index (χ1v) is 8.50. The molecule has 1 aromatic rings. The normalized spacial score (nSPS) is 14.7. The van der Waals surface area contributed by atoms with Crippen LogP contribution in [0, 0.1) is 6.92 Å². The molecule has 2 unspecified atom stereocenters. The summed E-state index contributed by atoms with van der Waals surface area (Å²) in [7, 11) is 1.87. The Labute approximate surface area is 132 Å². The van der Waals surface area contributed by atoms with Crippen molar-refractivity contribution in [2.75, 3.05) is 30.5 Å². The van der Waals surface area contributed by atoms with Crippen LogP contribution in [0.3, 0.4) is 0 Å². The topological polar surface area (TPSA) is 70.1 Å². The first-order chi connectivity index (χ1) is 9.74. The van der Waals surface area contributed by atoms with Crippen molar-refractivity contribution in [2.45, 2.75) is 51.3 Å². The van der Waals surface area contributed by atoms with Gasteiger partial charge in [0.1, 0.15) is 17.5 Å². The predicted molar refractivity (Wildman–Crippen MR) is 92.5 cm³/mol. The van der Waals surface area contributed by atoms with Gasteiger partial charge in [-0.25, -0.2) is 9.97 Å². The van der Waals surface area contributed by atoms with Crippen LogP contribution < -0.4 is 10.6 Å². The maximum Gasteiger partial charge on any atom is 0.138 e. The van der Waals surface area contributed by atoms with E-state index in [-0.39, 0.29) is 23.3 Å². The third-order valence-electron chi connectivity index (χ3n) is 3.46. The summed E-state index contributed by atoms with van der Waals surface area (Å²) in [5, 5.41) is 16.1. The zero-order chi connectivity index (χ0) is 16.2. The molecular formula is C15H28N4OS. The number of hydrogen-bond donors (Lipinski definition) is 3. The molecule has 0 saturated heterocycles. The summed E-state index contributed by atoms with van der Waals surface area (Å²) in [6.45, 7) is 10.5. The van der Waals surface area contributed by atoms with E-state index < -0.39 is 0 Å². The van der Waals surface area contributed by atoms with E-state index in [1.54, 1.807) is 11.8 Å².